The van der Waals surface area contributed by atoms with Crippen LogP contribution in [0, 0.1) is 11.6 Å². The van der Waals surface area contributed by atoms with E-state index < -0.39 is 0 Å². The van der Waals surface area contributed by atoms with Crippen LogP contribution in [0.2, 0.25) is 0 Å². The SMILES string of the molecule is COc1ccc(F)cc1C[NH+]1CC[NH+](CC(=O)NCc2ccc(F)cc2)CC1. The number of methoxy groups -OCH3 is 1. The highest BCUT2D eigenvalue weighted by molar-refractivity contribution is 5.76. The van der Waals surface area contributed by atoms with E-state index in [-0.39, 0.29) is 17.5 Å². The van der Waals surface area contributed by atoms with Gasteiger partial charge in [0.1, 0.15) is 50.1 Å². The standard InChI is InChI=1S/C21H25F2N3O2/c1-28-20-7-6-19(23)12-17(20)14-25-8-10-26(11-9-25)15-21(27)24-13-16-2-4-18(22)5-3-16/h2-7,12H,8-11,13-15H2,1H3,(H,24,27)/p+2. The maximum absolute atomic E-state index is 13.5. The van der Waals surface area contributed by atoms with Crippen molar-refractivity contribution in [2.24, 2.45) is 0 Å². The molecule has 5 nitrogen and oxygen atoms in total. The molecule has 3 N–H and O–H groups in total. The summed E-state index contributed by atoms with van der Waals surface area (Å²) in [5.41, 5.74) is 1.75. The van der Waals surface area contributed by atoms with E-state index in [0.29, 0.717) is 25.4 Å². The van der Waals surface area contributed by atoms with Crippen molar-refractivity contribution < 1.29 is 28.1 Å². The molecule has 1 heterocycles. The zero-order chi connectivity index (χ0) is 19.9. The first kappa shape index (κ1) is 20.2. The van der Waals surface area contributed by atoms with Crippen molar-refractivity contribution in [3.8, 4) is 5.75 Å². The van der Waals surface area contributed by atoms with E-state index in [4.69, 9.17) is 4.74 Å². The van der Waals surface area contributed by atoms with Gasteiger partial charge in [-0.1, -0.05) is 12.1 Å². The van der Waals surface area contributed by atoms with Crippen molar-refractivity contribution in [1.29, 1.82) is 0 Å². The third-order valence-electron chi connectivity index (χ3n) is 5.16. The molecule has 1 saturated heterocycles. The molecule has 2 aromatic carbocycles. The minimum Gasteiger partial charge on any atom is -0.496 e. The maximum Gasteiger partial charge on any atom is 0.275 e. The quantitative estimate of drug-likeness (QED) is 0.600. The van der Waals surface area contributed by atoms with Crippen molar-refractivity contribution in [1.82, 2.24) is 5.32 Å². The number of piperazine rings is 1. The van der Waals surface area contributed by atoms with Crippen molar-refractivity contribution in [3.63, 3.8) is 0 Å². The molecule has 0 saturated carbocycles. The van der Waals surface area contributed by atoms with Crippen LogP contribution in [0.15, 0.2) is 42.5 Å². The van der Waals surface area contributed by atoms with Gasteiger partial charge in [0.15, 0.2) is 6.54 Å². The first-order valence-electron chi connectivity index (χ1n) is 9.54. The summed E-state index contributed by atoms with van der Waals surface area (Å²) in [6.07, 6.45) is 0. The van der Waals surface area contributed by atoms with E-state index in [2.05, 4.69) is 5.32 Å². The Kier molecular flexibility index (Phi) is 6.95. The lowest BCUT2D eigenvalue weighted by atomic mass is 10.1. The Hall–Kier alpha value is -2.51. The van der Waals surface area contributed by atoms with Crippen molar-refractivity contribution in [2.75, 3.05) is 39.8 Å². The van der Waals surface area contributed by atoms with Gasteiger partial charge in [-0.15, -0.1) is 0 Å². The normalized spacial score (nSPS) is 19.2. The number of benzene rings is 2. The highest BCUT2D eigenvalue weighted by Gasteiger charge is 2.25. The summed E-state index contributed by atoms with van der Waals surface area (Å²) >= 11 is 0. The van der Waals surface area contributed by atoms with Gasteiger partial charge in [-0.05, 0) is 35.9 Å². The topological polar surface area (TPSA) is 47.2 Å². The molecule has 3 rings (SSSR count). The number of ether oxygens (including phenoxy) is 1. The fourth-order valence-electron chi connectivity index (χ4n) is 3.56. The zero-order valence-electron chi connectivity index (χ0n) is 16.1. The Bertz CT molecular complexity index is 791. The van der Waals surface area contributed by atoms with Crippen LogP contribution < -0.4 is 19.9 Å². The van der Waals surface area contributed by atoms with Gasteiger partial charge in [0.05, 0.1) is 12.7 Å². The number of rotatable bonds is 7. The average molecular weight is 391 g/mol. The second-order valence-electron chi connectivity index (χ2n) is 7.21. The van der Waals surface area contributed by atoms with Crippen LogP contribution in [0.4, 0.5) is 8.78 Å². The van der Waals surface area contributed by atoms with Crippen molar-refractivity contribution in [3.05, 3.63) is 65.2 Å². The first-order chi connectivity index (χ1) is 13.5. The van der Waals surface area contributed by atoms with Gasteiger partial charge >= 0.3 is 0 Å². The van der Waals surface area contributed by atoms with Crippen LogP contribution in [-0.2, 0) is 17.9 Å². The summed E-state index contributed by atoms with van der Waals surface area (Å²) in [4.78, 5) is 14.8. The molecule has 1 aliphatic heterocycles. The van der Waals surface area contributed by atoms with Gasteiger partial charge in [0.2, 0.25) is 0 Å². The van der Waals surface area contributed by atoms with Gasteiger partial charge in [-0.3, -0.25) is 4.79 Å². The molecule has 0 aromatic heterocycles. The molecule has 28 heavy (non-hydrogen) atoms. The Morgan fingerprint density at radius 1 is 1.00 bits per heavy atom. The molecular formula is C21H27F2N3O2+2. The van der Waals surface area contributed by atoms with Crippen LogP contribution in [0.3, 0.4) is 0 Å². The largest absolute Gasteiger partial charge is 0.496 e. The van der Waals surface area contributed by atoms with Crippen molar-refractivity contribution in [2.45, 2.75) is 13.1 Å². The fourth-order valence-corrected chi connectivity index (χ4v) is 3.56. The Balaban J connectivity index is 1.42. The fraction of sp³-hybridized carbons (Fsp3) is 0.381. The summed E-state index contributed by atoms with van der Waals surface area (Å²) in [7, 11) is 1.60. The maximum atomic E-state index is 13.5. The molecular weight excluding hydrogens is 364 g/mol. The van der Waals surface area contributed by atoms with E-state index in [9.17, 15) is 13.6 Å². The highest BCUT2D eigenvalue weighted by atomic mass is 19.1. The third kappa shape index (κ3) is 5.74. The summed E-state index contributed by atoms with van der Waals surface area (Å²) in [6, 6.07) is 10.7. The molecule has 0 unspecified atom stereocenters. The molecule has 7 heteroatoms. The predicted molar refractivity (Wildman–Crippen MR) is 101 cm³/mol. The summed E-state index contributed by atoms with van der Waals surface area (Å²) in [6.45, 7) is 5.15. The Labute approximate surface area is 163 Å². The molecule has 0 spiro atoms. The first-order valence-corrected chi connectivity index (χ1v) is 9.54. The van der Waals surface area contributed by atoms with Crippen LogP contribution in [-0.4, -0.2) is 45.7 Å². The molecule has 150 valence electrons. The van der Waals surface area contributed by atoms with E-state index in [1.165, 1.54) is 34.1 Å². The van der Waals surface area contributed by atoms with Crippen molar-refractivity contribution >= 4 is 5.91 Å². The minimum atomic E-state index is -0.282. The zero-order valence-corrected chi connectivity index (χ0v) is 16.1. The third-order valence-corrected chi connectivity index (χ3v) is 5.16. The average Bonchev–Trinajstić information content (AvgIpc) is 2.69. The molecule has 0 bridgehead atoms. The predicted octanol–water partition coefficient (Wildman–Crippen LogP) is -0.427. The molecule has 0 radical (unpaired) electrons. The highest BCUT2D eigenvalue weighted by Crippen LogP contribution is 2.18. The number of carbonyl (C=O) groups excluding carboxylic acids is 1. The molecule has 1 aliphatic rings. The lowest BCUT2D eigenvalue weighted by molar-refractivity contribution is -1.02. The molecule has 1 fully saturated rings. The van der Waals surface area contributed by atoms with Gasteiger partial charge < -0.3 is 19.9 Å². The molecule has 1 amide bonds. The molecule has 0 atom stereocenters. The van der Waals surface area contributed by atoms with Crippen LogP contribution in [0.5, 0.6) is 5.75 Å². The second-order valence-corrected chi connectivity index (χ2v) is 7.21. The summed E-state index contributed by atoms with van der Waals surface area (Å²) in [5, 5.41) is 2.89. The van der Waals surface area contributed by atoms with Crippen LogP contribution >= 0.6 is 0 Å². The monoisotopic (exact) mass is 391 g/mol. The molecule has 2 aromatic rings. The number of carbonyl (C=O) groups is 1. The lowest BCUT2D eigenvalue weighted by Gasteiger charge is -2.29. The number of amides is 1. The van der Waals surface area contributed by atoms with E-state index in [1.54, 1.807) is 25.3 Å². The number of halogens is 2. The molecule has 0 aliphatic carbocycles. The van der Waals surface area contributed by atoms with Crippen LogP contribution in [0.1, 0.15) is 11.1 Å². The number of hydrogen-bond acceptors (Lipinski definition) is 2. The summed E-state index contributed by atoms with van der Waals surface area (Å²) < 4.78 is 31.8. The van der Waals surface area contributed by atoms with Gasteiger partial charge in [0, 0.05) is 6.54 Å². The van der Waals surface area contributed by atoms with Gasteiger partial charge in [-0.2, -0.15) is 0 Å². The van der Waals surface area contributed by atoms with Crippen LogP contribution in [0.25, 0.3) is 0 Å². The lowest BCUT2D eigenvalue weighted by Crippen LogP contribution is -3.28. The number of hydrogen-bond donors (Lipinski definition) is 3. The second kappa shape index (κ2) is 9.61. The van der Waals surface area contributed by atoms with Gasteiger partial charge in [0.25, 0.3) is 5.91 Å². The number of quaternary nitrogens is 2. The Morgan fingerprint density at radius 2 is 1.64 bits per heavy atom. The Morgan fingerprint density at radius 3 is 2.32 bits per heavy atom. The van der Waals surface area contributed by atoms with Gasteiger partial charge in [-0.25, -0.2) is 8.78 Å². The van der Waals surface area contributed by atoms with E-state index in [1.807, 2.05) is 0 Å². The number of nitrogens with one attached hydrogen (secondary N) is 3. The smallest absolute Gasteiger partial charge is 0.275 e. The minimum absolute atomic E-state index is 0.00502. The van der Waals surface area contributed by atoms with E-state index >= 15 is 0 Å². The van der Waals surface area contributed by atoms with E-state index in [0.717, 1.165) is 37.3 Å². The summed E-state index contributed by atoms with van der Waals surface area (Å²) in [5.74, 6) is 0.173.